The van der Waals surface area contributed by atoms with Gasteiger partial charge in [0.2, 0.25) is 0 Å². The zero-order valence-corrected chi connectivity index (χ0v) is 8.65. The van der Waals surface area contributed by atoms with Crippen LogP contribution >= 0.6 is 0 Å². The number of nitriles is 1. The van der Waals surface area contributed by atoms with Gasteiger partial charge in [-0.3, -0.25) is 9.78 Å². The molecule has 18 heavy (non-hydrogen) atoms. The van der Waals surface area contributed by atoms with Crippen LogP contribution in [-0.2, 0) is 0 Å². The summed E-state index contributed by atoms with van der Waals surface area (Å²) in [7, 11) is 0. The molecule has 0 radical (unpaired) electrons. The third-order valence-corrected chi connectivity index (χ3v) is 2.10. The van der Waals surface area contributed by atoms with E-state index >= 15 is 0 Å². The average Bonchev–Trinajstić information content (AvgIpc) is 2.32. The lowest BCUT2D eigenvalue weighted by Gasteiger charge is -2.05. The third-order valence-electron chi connectivity index (χ3n) is 2.10. The van der Waals surface area contributed by atoms with E-state index in [0.717, 1.165) is 6.20 Å². The van der Waals surface area contributed by atoms with E-state index in [0.29, 0.717) is 16.8 Å². The molecule has 0 aliphatic rings. The van der Waals surface area contributed by atoms with Crippen molar-refractivity contribution in [3.63, 3.8) is 0 Å². The molecule has 6 nitrogen and oxygen atoms in total. The fraction of sp³-hybridized carbons (Fsp3) is 0. The number of benzene rings is 1. The largest absolute Gasteiger partial charge is 0.349 e. The van der Waals surface area contributed by atoms with Gasteiger partial charge < -0.3 is 0 Å². The predicted octanol–water partition coefficient (Wildman–Crippen LogP) is 0.0707. The molecule has 2 rings (SSSR count). The number of hydrogen-bond acceptors (Lipinski definition) is 4. The highest BCUT2D eigenvalue weighted by Gasteiger charge is 2.13. The van der Waals surface area contributed by atoms with Gasteiger partial charge in [0.1, 0.15) is 23.8 Å². The van der Waals surface area contributed by atoms with E-state index in [-0.39, 0.29) is 0 Å². The molecular weight excluding hydrogens is 246 g/mol. The van der Waals surface area contributed by atoms with Gasteiger partial charge in [0.15, 0.2) is 5.82 Å². The lowest BCUT2D eigenvalue weighted by molar-refractivity contribution is 0.576. The number of nitrogens with zero attached hydrogens (tertiary/aromatic N) is 3. The standard InChI is InChI=1S/C10H4F2N4O2/c11-6-2-8(7(12)1-5(6)3-13)16-10(18)15-9(17)4-14-16/h1-2,4H,(H,15,17,18). The van der Waals surface area contributed by atoms with E-state index in [1.807, 2.05) is 4.98 Å². The van der Waals surface area contributed by atoms with E-state index in [1.54, 1.807) is 0 Å². The van der Waals surface area contributed by atoms with Gasteiger partial charge >= 0.3 is 5.69 Å². The summed E-state index contributed by atoms with van der Waals surface area (Å²) in [5, 5.41) is 11.9. The number of hydrogen-bond donors (Lipinski definition) is 1. The summed E-state index contributed by atoms with van der Waals surface area (Å²) in [5.74, 6) is -2.00. The van der Waals surface area contributed by atoms with Crippen LogP contribution in [0.1, 0.15) is 5.56 Å². The summed E-state index contributed by atoms with van der Waals surface area (Å²) in [5.41, 5.74) is -2.75. The lowest BCUT2D eigenvalue weighted by Crippen LogP contribution is -2.30. The highest BCUT2D eigenvalue weighted by atomic mass is 19.1. The Morgan fingerprint density at radius 2 is 2.00 bits per heavy atom. The van der Waals surface area contributed by atoms with Crippen LogP contribution in [0.2, 0.25) is 0 Å². The van der Waals surface area contributed by atoms with Gasteiger partial charge in [-0.1, -0.05) is 0 Å². The van der Waals surface area contributed by atoms with Crippen molar-refractivity contribution in [2.45, 2.75) is 0 Å². The molecule has 0 fully saturated rings. The van der Waals surface area contributed by atoms with Gasteiger partial charge in [0, 0.05) is 6.07 Å². The van der Waals surface area contributed by atoms with Gasteiger partial charge in [-0.15, -0.1) is 0 Å². The van der Waals surface area contributed by atoms with Crippen LogP contribution in [0.3, 0.4) is 0 Å². The SMILES string of the molecule is N#Cc1cc(F)c(-n2ncc(=O)[nH]c2=O)cc1F. The normalized spacial score (nSPS) is 10.1. The Morgan fingerprint density at radius 1 is 1.28 bits per heavy atom. The number of halogens is 2. The Kier molecular flexibility index (Phi) is 2.73. The van der Waals surface area contributed by atoms with Crippen molar-refractivity contribution in [2.24, 2.45) is 0 Å². The molecular formula is C10H4F2N4O2. The maximum Gasteiger partial charge on any atom is 0.349 e. The first-order chi connectivity index (χ1) is 8.52. The summed E-state index contributed by atoms with van der Waals surface area (Å²) in [6.45, 7) is 0. The average molecular weight is 250 g/mol. The zero-order chi connectivity index (χ0) is 13.3. The Labute approximate surface area is 97.7 Å². The maximum atomic E-state index is 13.6. The number of aromatic amines is 1. The first-order valence-electron chi connectivity index (χ1n) is 4.61. The molecule has 0 atom stereocenters. The Morgan fingerprint density at radius 3 is 2.61 bits per heavy atom. The highest BCUT2D eigenvalue weighted by Crippen LogP contribution is 2.15. The van der Waals surface area contributed by atoms with E-state index < -0.39 is 34.1 Å². The van der Waals surface area contributed by atoms with Crippen molar-refractivity contribution in [3.05, 3.63) is 56.4 Å². The first kappa shape index (κ1) is 11.7. The fourth-order valence-electron chi connectivity index (χ4n) is 1.31. The van der Waals surface area contributed by atoms with Crippen LogP contribution in [-0.4, -0.2) is 14.8 Å². The smallest absolute Gasteiger partial charge is 0.271 e. The molecule has 0 spiro atoms. The second kappa shape index (κ2) is 4.21. The van der Waals surface area contributed by atoms with Gasteiger partial charge in [0.05, 0.1) is 5.56 Å². The molecule has 0 aliphatic heterocycles. The molecule has 1 aromatic carbocycles. The van der Waals surface area contributed by atoms with Crippen LogP contribution in [0.25, 0.3) is 5.69 Å². The molecule has 1 heterocycles. The molecule has 1 aromatic heterocycles. The summed E-state index contributed by atoms with van der Waals surface area (Å²) >= 11 is 0. The quantitative estimate of drug-likeness (QED) is 0.775. The minimum atomic E-state index is -1.01. The molecule has 0 amide bonds. The highest BCUT2D eigenvalue weighted by molar-refractivity contribution is 5.41. The predicted molar refractivity (Wildman–Crippen MR) is 55.1 cm³/mol. The van der Waals surface area contributed by atoms with Crippen LogP contribution in [0.4, 0.5) is 8.78 Å². The van der Waals surface area contributed by atoms with Crippen LogP contribution in [0, 0.1) is 23.0 Å². The van der Waals surface area contributed by atoms with Gasteiger partial charge in [-0.25, -0.2) is 13.6 Å². The zero-order valence-electron chi connectivity index (χ0n) is 8.65. The summed E-state index contributed by atoms with van der Waals surface area (Å²) < 4.78 is 27.4. The van der Waals surface area contributed by atoms with Gasteiger partial charge in [-0.05, 0) is 6.07 Å². The van der Waals surface area contributed by atoms with E-state index in [2.05, 4.69) is 5.10 Å². The summed E-state index contributed by atoms with van der Waals surface area (Å²) in [6.07, 6.45) is 0.747. The second-order valence-corrected chi connectivity index (χ2v) is 3.25. The molecule has 2 aromatic rings. The molecule has 0 bridgehead atoms. The number of nitrogens with one attached hydrogen (secondary N) is 1. The maximum absolute atomic E-state index is 13.6. The molecule has 90 valence electrons. The minimum Gasteiger partial charge on any atom is -0.271 e. The van der Waals surface area contributed by atoms with Crippen molar-refractivity contribution in [1.29, 1.82) is 5.26 Å². The topological polar surface area (TPSA) is 91.5 Å². The summed E-state index contributed by atoms with van der Waals surface area (Å²) in [4.78, 5) is 24.0. The van der Waals surface area contributed by atoms with Gasteiger partial charge in [0.25, 0.3) is 5.56 Å². The van der Waals surface area contributed by atoms with Crippen LogP contribution < -0.4 is 11.2 Å². The fourth-order valence-corrected chi connectivity index (χ4v) is 1.31. The van der Waals surface area contributed by atoms with Crippen LogP contribution in [0.15, 0.2) is 27.9 Å². The summed E-state index contributed by atoms with van der Waals surface area (Å²) in [6, 6.07) is 2.75. The molecule has 1 N–H and O–H groups in total. The molecule has 0 aliphatic carbocycles. The first-order valence-corrected chi connectivity index (χ1v) is 4.61. The molecule has 0 saturated heterocycles. The van der Waals surface area contributed by atoms with Crippen molar-refractivity contribution in [2.75, 3.05) is 0 Å². The number of aromatic nitrogens is 3. The minimum absolute atomic E-state index is 0.487. The Bertz CT molecular complexity index is 773. The van der Waals surface area contributed by atoms with Crippen molar-refractivity contribution >= 4 is 0 Å². The number of rotatable bonds is 1. The van der Waals surface area contributed by atoms with E-state index in [9.17, 15) is 18.4 Å². The van der Waals surface area contributed by atoms with Gasteiger partial charge in [-0.2, -0.15) is 15.0 Å². The Hall–Kier alpha value is -2.82. The molecule has 0 unspecified atom stereocenters. The molecule has 0 saturated carbocycles. The van der Waals surface area contributed by atoms with Crippen LogP contribution in [0.5, 0.6) is 0 Å². The third kappa shape index (κ3) is 1.89. The second-order valence-electron chi connectivity index (χ2n) is 3.25. The van der Waals surface area contributed by atoms with Crippen molar-refractivity contribution in [3.8, 4) is 11.8 Å². The monoisotopic (exact) mass is 250 g/mol. The van der Waals surface area contributed by atoms with Crippen molar-refractivity contribution < 1.29 is 8.78 Å². The molecule has 8 heteroatoms. The van der Waals surface area contributed by atoms with Crippen molar-refractivity contribution in [1.82, 2.24) is 14.8 Å². The van der Waals surface area contributed by atoms with E-state index in [1.165, 1.54) is 6.07 Å². The Balaban J connectivity index is 2.73. The van der Waals surface area contributed by atoms with E-state index in [4.69, 9.17) is 5.26 Å². The lowest BCUT2D eigenvalue weighted by atomic mass is 10.2. The number of H-pyrrole nitrogens is 1.